The van der Waals surface area contributed by atoms with Gasteiger partial charge in [0, 0.05) is 61.2 Å². The van der Waals surface area contributed by atoms with E-state index in [1.807, 2.05) is 11.7 Å². The molecule has 3 N–H and O–H groups in total. The van der Waals surface area contributed by atoms with Crippen LogP contribution in [0.5, 0.6) is 0 Å². The molecular formula is C34H51N7O. The van der Waals surface area contributed by atoms with Crippen LogP contribution in [0.2, 0.25) is 0 Å². The van der Waals surface area contributed by atoms with Crippen LogP contribution in [0.3, 0.4) is 0 Å². The number of nitrogens with zero attached hydrogens (tertiary/aromatic N) is 4. The van der Waals surface area contributed by atoms with Crippen molar-refractivity contribution in [1.82, 2.24) is 30.2 Å². The van der Waals surface area contributed by atoms with Crippen molar-refractivity contribution in [1.29, 1.82) is 0 Å². The predicted octanol–water partition coefficient (Wildman–Crippen LogP) is 5.10. The zero-order valence-electron chi connectivity index (χ0n) is 25.9. The molecule has 7 rings (SSSR count). The second-order valence-corrected chi connectivity index (χ2v) is 13.5. The number of hydrogen-bond donors (Lipinski definition) is 3. The number of carbonyl (C=O) groups is 1. The highest BCUT2D eigenvalue weighted by Crippen LogP contribution is 2.53. The first-order chi connectivity index (χ1) is 20.4. The van der Waals surface area contributed by atoms with Gasteiger partial charge in [-0.2, -0.15) is 5.10 Å². The van der Waals surface area contributed by atoms with Gasteiger partial charge in [-0.05, 0) is 114 Å². The third-order valence-corrected chi connectivity index (χ3v) is 11.4. The summed E-state index contributed by atoms with van der Waals surface area (Å²) in [5.41, 5.74) is 3.78. The summed E-state index contributed by atoms with van der Waals surface area (Å²) < 4.78 is 1.98. The van der Waals surface area contributed by atoms with E-state index in [-0.39, 0.29) is 5.41 Å². The number of anilines is 1. The molecule has 5 aliphatic rings. The van der Waals surface area contributed by atoms with Crippen LogP contribution in [0, 0.1) is 5.41 Å². The van der Waals surface area contributed by atoms with Crippen LogP contribution in [0.4, 0.5) is 5.82 Å². The van der Waals surface area contributed by atoms with E-state index in [4.69, 9.17) is 5.10 Å². The van der Waals surface area contributed by atoms with E-state index in [0.29, 0.717) is 23.4 Å². The van der Waals surface area contributed by atoms with Crippen molar-refractivity contribution in [2.24, 2.45) is 12.5 Å². The van der Waals surface area contributed by atoms with Gasteiger partial charge in [0.15, 0.2) is 5.82 Å². The molecule has 3 saturated carbocycles. The van der Waals surface area contributed by atoms with Crippen LogP contribution in [-0.4, -0.2) is 76.8 Å². The summed E-state index contributed by atoms with van der Waals surface area (Å²) in [7, 11) is 4.13. The first-order valence-corrected chi connectivity index (χ1v) is 16.3. The fourth-order valence-electron chi connectivity index (χ4n) is 8.42. The summed E-state index contributed by atoms with van der Waals surface area (Å²) in [4.78, 5) is 18.7. The summed E-state index contributed by atoms with van der Waals surface area (Å²) in [6.45, 7) is 12.8. The summed E-state index contributed by atoms with van der Waals surface area (Å²) in [5, 5.41) is 16.0. The number of carbonyl (C=O) groups excluding carboxylic acids is 1. The number of fused-ring (bicyclic) bond motifs is 4. The van der Waals surface area contributed by atoms with E-state index in [2.05, 4.69) is 64.2 Å². The molecule has 0 unspecified atom stereocenters. The number of aromatic nitrogens is 2. The second-order valence-electron chi connectivity index (χ2n) is 13.5. The van der Waals surface area contributed by atoms with Crippen LogP contribution >= 0.6 is 0 Å². The van der Waals surface area contributed by atoms with Gasteiger partial charge in [0.1, 0.15) is 0 Å². The van der Waals surface area contributed by atoms with E-state index < -0.39 is 0 Å². The lowest BCUT2D eigenvalue weighted by molar-refractivity contribution is -0.151. The summed E-state index contributed by atoms with van der Waals surface area (Å²) in [6, 6.07) is 7.49. The van der Waals surface area contributed by atoms with Crippen LogP contribution in [0.1, 0.15) is 82.1 Å². The molecule has 5 fully saturated rings. The summed E-state index contributed by atoms with van der Waals surface area (Å²) in [5.74, 6) is 1.93. The average Bonchev–Trinajstić information content (AvgIpc) is 3.35. The summed E-state index contributed by atoms with van der Waals surface area (Å²) in [6.07, 6.45) is 13.9. The molecule has 3 heterocycles. The van der Waals surface area contributed by atoms with E-state index in [9.17, 15) is 4.79 Å². The largest absolute Gasteiger partial charge is 0.391 e. The van der Waals surface area contributed by atoms with Gasteiger partial charge >= 0.3 is 0 Å². The minimum atomic E-state index is -0.0631. The van der Waals surface area contributed by atoms with Crippen molar-refractivity contribution in [2.45, 2.75) is 88.1 Å². The van der Waals surface area contributed by atoms with Crippen molar-refractivity contribution in [2.75, 3.05) is 45.1 Å². The molecule has 2 aliphatic heterocycles. The molecule has 2 bridgehead atoms. The molecule has 42 heavy (non-hydrogen) atoms. The van der Waals surface area contributed by atoms with Crippen molar-refractivity contribution in [3.8, 4) is 0 Å². The van der Waals surface area contributed by atoms with Crippen LogP contribution in [-0.2, 0) is 11.8 Å². The normalized spacial score (nSPS) is 27.3. The van der Waals surface area contributed by atoms with Gasteiger partial charge in [-0.3, -0.25) is 9.48 Å². The molecule has 1 aromatic carbocycles. The SMILES string of the molecule is C=CNCCC(=C)Nc1nn(C)c2cc(C3CCN(C4CCN(C(=O)C56CCC(NC)(CC5)CC6)CC4)CC3)ccc12. The number of aryl methyl sites for hydroxylation is 1. The van der Waals surface area contributed by atoms with Gasteiger partial charge in [-0.1, -0.05) is 19.2 Å². The third-order valence-electron chi connectivity index (χ3n) is 11.4. The van der Waals surface area contributed by atoms with Crippen molar-refractivity contribution in [3.05, 3.63) is 48.8 Å². The van der Waals surface area contributed by atoms with Gasteiger partial charge < -0.3 is 25.8 Å². The molecule has 8 nitrogen and oxygen atoms in total. The number of benzene rings is 1. The standard InChI is InChI=1S/C34H51N7O/c1-5-36-19-8-25(2)37-31-29-7-6-27(24-30(29)39(4)38-31)26-9-20-40(21-10-26)28-11-22-41(23-12-28)32(42)33-13-16-34(35-3,17-14-33)18-15-33/h5-7,24,26,28,35-36H,1-2,8-23H2,3-4H3,(H,37,38). The quantitative estimate of drug-likeness (QED) is 0.343. The molecule has 0 radical (unpaired) electrons. The molecule has 0 atom stereocenters. The van der Waals surface area contributed by atoms with E-state index in [0.717, 1.165) is 107 Å². The molecule has 3 aliphatic carbocycles. The molecule has 228 valence electrons. The van der Waals surface area contributed by atoms with Gasteiger partial charge in [0.05, 0.1) is 5.52 Å². The smallest absolute Gasteiger partial charge is 0.228 e. The lowest BCUT2D eigenvalue weighted by atomic mass is 9.56. The average molecular weight is 574 g/mol. The molecular weight excluding hydrogens is 522 g/mol. The maximum absolute atomic E-state index is 13.7. The van der Waals surface area contributed by atoms with Crippen molar-refractivity contribution >= 4 is 22.6 Å². The summed E-state index contributed by atoms with van der Waals surface area (Å²) >= 11 is 0. The molecule has 1 aromatic heterocycles. The van der Waals surface area contributed by atoms with E-state index in [1.165, 1.54) is 23.9 Å². The van der Waals surface area contributed by atoms with Crippen molar-refractivity contribution in [3.63, 3.8) is 0 Å². The molecule has 2 aromatic rings. The Morgan fingerprint density at radius 2 is 1.74 bits per heavy atom. The monoisotopic (exact) mass is 573 g/mol. The maximum atomic E-state index is 13.7. The Balaban J connectivity index is 1.00. The zero-order valence-corrected chi connectivity index (χ0v) is 25.9. The van der Waals surface area contributed by atoms with Crippen LogP contribution in [0.15, 0.2) is 43.3 Å². The number of hydrogen-bond acceptors (Lipinski definition) is 6. The molecule has 8 heteroatoms. The lowest BCUT2D eigenvalue weighted by Crippen LogP contribution is -2.59. The van der Waals surface area contributed by atoms with Gasteiger partial charge in [-0.15, -0.1) is 0 Å². The highest BCUT2D eigenvalue weighted by atomic mass is 16.2. The number of amides is 1. The topological polar surface area (TPSA) is 77.5 Å². The molecule has 1 amide bonds. The van der Waals surface area contributed by atoms with Gasteiger partial charge in [0.25, 0.3) is 0 Å². The highest BCUT2D eigenvalue weighted by molar-refractivity contribution is 5.91. The first kappa shape index (κ1) is 29.2. The Morgan fingerprint density at radius 1 is 1.05 bits per heavy atom. The Morgan fingerprint density at radius 3 is 2.38 bits per heavy atom. The Kier molecular flexibility index (Phi) is 8.38. The number of rotatable bonds is 10. The lowest BCUT2D eigenvalue weighted by Gasteiger charge is -2.54. The minimum Gasteiger partial charge on any atom is -0.391 e. The van der Waals surface area contributed by atoms with E-state index in [1.54, 1.807) is 6.20 Å². The second kappa shape index (κ2) is 12.0. The van der Waals surface area contributed by atoms with Gasteiger partial charge in [0.2, 0.25) is 5.91 Å². The van der Waals surface area contributed by atoms with Crippen molar-refractivity contribution < 1.29 is 4.79 Å². The Hall–Kier alpha value is -2.84. The number of likely N-dealkylation sites (tertiary alicyclic amines) is 2. The van der Waals surface area contributed by atoms with Crippen LogP contribution < -0.4 is 16.0 Å². The fraction of sp³-hybridized carbons (Fsp3) is 0.647. The van der Waals surface area contributed by atoms with Crippen LogP contribution in [0.25, 0.3) is 10.9 Å². The predicted molar refractivity (Wildman–Crippen MR) is 171 cm³/mol. The Bertz CT molecular complexity index is 1270. The maximum Gasteiger partial charge on any atom is 0.228 e. The van der Waals surface area contributed by atoms with Gasteiger partial charge in [-0.25, -0.2) is 0 Å². The van der Waals surface area contributed by atoms with E-state index >= 15 is 0 Å². The minimum absolute atomic E-state index is 0.0631. The molecule has 2 saturated heterocycles. The third kappa shape index (κ3) is 5.60. The number of piperidine rings is 2. The fourth-order valence-corrected chi connectivity index (χ4v) is 8.42. The number of nitrogens with one attached hydrogen (secondary N) is 3. The zero-order chi connectivity index (χ0) is 29.3. The Labute approximate surface area is 252 Å². The molecule has 0 spiro atoms. The highest BCUT2D eigenvalue weighted by Gasteiger charge is 2.53. The first-order valence-electron chi connectivity index (χ1n) is 16.3.